The molecule has 4 nitrogen and oxygen atoms in total. The molecule has 1 aliphatic heterocycles. The zero-order chi connectivity index (χ0) is 43.3. The zero-order valence-corrected chi connectivity index (χ0v) is 35.6. The molecular weight excluding hydrogens is 789 g/mol. The van der Waals surface area contributed by atoms with Crippen LogP contribution in [0.5, 0.6) is 0 Å². The van der Waals surface area contributed by atoms with Crippen molar-refractivity contribution in [3.05, 3.63) is 271 Å². The van der Waals surface area contributed by atoms with E-state index in [0.29, 0.717) is 0 Å². The summed E-state index contributed by atoms with van der Waals surface area (Å²) in [4.78, 5) is 7.39. The lowest BCUT2D eigenvalue weighted by Crippen LogP contribution is -2.36. The first-order valence-electron chi connectivity index (χ1n) is 22.3. The van der Waals surface area contributed by atoms with Crippen molar-refractivity contribution in [2.75, 3.05) is 10.2 Å². The topological polar surface area (TPSA) is 54.2 Å². The van der Waals surface area contributed by atoms with E-state index in [0.717, 1.165) is 56.0 Å². The van der Waals surface area contributed by atoms with E-state index >= 15 is 0 Å². The van der Waals surface area contributed by atoms with Crippen LogP contribution >= 0.6 is 0 Å². The maximum atomic E-state index is 7.09. The van der Waals surface area contributed by atoms with Crippen LogP contribution in [0.1, 0.15) is 34.0 Å². The largest absolute Gasteiger partial charge is 0.350 e. The number of rotatable bonds is 8. The van der Waals surface area contributed by atoms with Gasteiger partial charge in [0.2, 0.25) is 0 Å². The van der Waals surface area contributed by atoms with Crippen LogP contribution in [0.4, 0.5) is 22.9 Å². The van der Waals surface area contributed by atoms with Crippen LogP contribution in [-0.4, -0.2) is 4.98 Å². The summed E-state index contributed by atoms with van der Waals surface area (Å²) in [6.45, 7) is 0. The van der Waals surface area contributed by atoms with E-state index in [2.05, 4.69) is 235 Å². The zero-order valence-electron chi connectivity index (χ0n) is 35.6. The van der Waals surface area contributed by atoms with Gasteiger partial charge in [0.05, 0.1) is 16.8 Å². The first-order chi connectivity index (χ1) is 32.2. The first kappa shape index (κ1) is 38.4. The maximum Gasteiger partial charge on any atom is 0.135 e. The van der Waals surface area contributed by atoms with Crippen molar-refractivity contribution < 1.29 is 0 Å². The molecule has 65 heavy (non-hydrogen) atoms. The van der Waals surface area contributed by atoms with Gasteiger partial charge in [-0.15, -0.1) is 0 Å². The molecule has 2 heterocycles. The van der Waals surface area contributed by atoms with Gasteiger partial charge >= 0.3 is 0 Å². The predicted molar refractivity (Wildman–Crippen MR) is 269 cm³/mol. The summed E-state index contributed by atoms with van der Waals surface area (Å²) in [7, 11) is 0. The van der Waals surface area contributed by atoms with Gasteiger partial charge < -0.3 is 16.0 Å². The molecule has 1 aromatic heterocycles. The average molecular weight is 833 g/mol. The van der Waals surface area contributed by atoms with Crippen molar-refractivity contribution in [3.8, 4) is 55.6 Å². The SMILES string of the molecule is NC(Nc1ncc(-c2ccccc2)cc1-c1ccccc1)c1ccccc1-c1ccc(-c2ccc3c(c2)C2(c4ccccc4-3)c3ccccc3N(c3ccccc3)c3ccccc32)cc1. The van der Waals surface area contributed by atoms with Crippen LogP contribution in [0, 0.1) is 0 Å². The van der Waals surface area contributed by atoms with Crippen LogP contribution in [0.25, 0.3) is 55.6 Å². The lowest BCUT2D eigenvalue weighted by molar-refractivity contribution is 0.753. The third-order valence-electron chi connectivity index (χ3n) is 13.4. The molecule has 3 N–H and O–H groups in total. The van der Waals surface area contributed by atoms with Gasteiger partial charge in [0.25, 0.3) is 0 Å². The Hall–Kier alpha value is -8.31. The number of aromatic nitrogens is 1. The fourth-order valence-corrected chi connectivity index (χ4v) is 10.4. The number of fused-ring (bicyclic) bond motifs is 9. The molecule has 1 aliphatic carbocycles. The first-order valence-corrected chi connectivity index (χ1v) is 22.3. The highest BCUT2D eigenvalue weighted by molar-refractivity contribution is 5.96. The molecule has 0 bridgehead atoms. The number of hydrogen-bond acceptors (Lipinski definition) is 4. The smallest absolute Gasteiger partial charge is 0.135 e. The minimum Gasteiger partial charge on any atom is -0.350 e. The monoisotopic (exact) mass is 832 g/mol. The predicted octanol–water partition coefficient (Wildman–Crippen LogP) is 15.0. The Bertz CT molecular complexity index is 3320. The van der Waals surface area contributed by atoms with Gasteiger partial charge in [-0.1, -0.05) is 200 Å². The Morgan fingerprint density at radius 3 is 1.57 bits per heavy atom. The quantitative estimate of drug-likeness (QED) is 0.150. The van der Waals surface area contributed by atoms with E-state index in [9.17, 15) is 0 Å². The highest BCUT2D eigenvalue weighted by Crippen LogP contribution is 2.63. The lowest BCUT2D eigenvalue weighted by Gasteiger charge is -2.45. The van der Waals surface area contributed by atoms with E-state index in [-0.39, 0.29) is 0 Å². The molecule has 0 saturated carbocycles. The number of para-hydroxylation sites is 3. The number of benzene rings is 9. The van der Waals surface area contributed by atoms with Crippen molar-refractivity contribution in [1.82, 2.24) is 4.98 Å². The Kier molecular flexibility index (Phi) is 9.32. The second kappa shape index (κ2) is 15.8. The van der Waals surface area contributed by atoms with E-state index in [1.54, 1.807) is 0 Å². The highest BCUT2D eigenvalue weighted by Gasteiger charge is 2.51. The average Bonchev–Trinajstić information content (AvgIpc) is 3.67. The summed E-state index contributed by atoms with van der Waals surface area (Å²) in [5.74, 6) is 0.737. The second-order valence-electron chi connectivity index (χ2n) is 16.9. The van der Waals surface area contributed by atoms with Gasteiger partial charge in [0.1, 0.15) is 12.0 Å². The summed E-state index contributed by atoms with van der Waals surface area (Å²) in [6.07, 6.45) is 1.41. The number of pyridine rings is 1. The maximum absolute atomic E-state index is 7.09. The summed E-state index contributed by atoms with van der Waals surface area (Å²) in [5.41, 5.74) is 27.6. The second-order valence-corrected chi connectivity index (χ2v) is 16.9. The minimum absolute atomic E-state index is 0.514. The van der Waals surface area contributed by atoms with Crippen LogP contribution in [0.15, 0.2) is 243 Å². The van der Waals surface area contributed by atoms with Crippen molar-refractivity contribution >= 4 is 22.9 Å². The molecule has 0 radical (unpaired) electrons. The standard InChI is InChI=1S/C61H44N4/c62-59(64-60-52(43-20-6-2-7-21-43)38-46(40-63-60)41-18-4-1-5-19-41)51-26-11-10-24-48(51)44-34-32-42(33-35-44)45-36-37-50-49-25-12-13-27-53(49)61(56(50)39-45)54-28-14-16-30-57(54)65(47-22-8-3-9-23-47)58-31-17-15-29-55(58)61/h1-40,59H,62H2,(H,63,64). The van der Waals surface area contributed by atoms with Crippen molar-refractivity contribution in [2.24, 2.45) is 5.73 Å². The van der Waals surface area contributed by atoms with E-state index in [4.69, 9.17) is 10.7 Å². The van der Waals surface area contributed by atoms with Crippen LogP contribution in [0.3, 0.4) is 0 Å². The van der Waals surface area contributed by atoms with Crippen LogP contribution in [0.2, 0.25) is 0 Å². The minimum atomic E-state index is -0.517. The molecule has 10 aromatic rings. The number of anilines is 4. The Morgan fingerprint density at radius 1 is 0.385 bits per heavy atom. The fraction of sp³-hybridized carbons (Fsp3) is 0.0328. The number of nitrogens with one attached hydrogen (secondary N) is 1. The third-order valence-corrected chi connectivity index (χ3v) is 13.4. The molecule has 0 saturated heterocycles. The fourth-order valence-electron chi connectivity index (χ4n) is 10.4. The molecule has 1 atom stereocenters. The molecule has 12 rings (SSSR count). The van der Waals surface area contributed by atoms with Crippen molar-refractivity contribution in [1.29, 1.82) is 0 Å². The molecule has 0 fully saturated rings. The van der Waals surface area contributed by atoms with Crippen molar-refractivity contribution in [3.63, 3.8) is 0 Å². The number of nitrogens with two attached hydrogens (primary N) is 1. The molecule has 9 aromatic carbocycles. The lowest BCUT2D eigenvalue weighted by atomic mass is 9.64. The van der Waals surface area contributed by atoms with Gasteiger partial charge in [0, 0.05) is 23.0 Å². The van der Waals surface area contributed by atoms with Crippen LogP contribution in [-0.2, 0) is 5.41 Å². The van der Waals surface area contributed by atoms with Gasteiger partial charge in [-0.05, 0) is 109 Å². The van der Waals surface area contributed by atoms with Crippen molar-refractivity contribution in [2.45, 2.75) is 11.6 Å². The van der Waals surface area contributed by atoms with Gasteiger partial charge in [0.15, 0.2) is 0 Å². The number of nitrogens with zero attached hydrogens (tertiary/aromatic N) is 2. The van der Waals surface area contributed by atoms with E-state index in [1.165, 1.54) is 50.3 Å². The molecule has 1 unspecified atom stereocenters. The summed E-state index contributed by atoms with van der Waals surface area (Å²) >= 11 is 0. The molecular formula is C61H44N4. The summed E-state index contributed by atoms with van der Waals surface area (Å²) < 4.78 is 0. The molecule has 0 amide bonds. The molecule has 308 valence electrons. The Labute approximate surface area is 380 Å². The summed E-state index contributed by atoms with van der Waals surface area (Å²) in [6, 6.07) is 85.1. The van der Waals surface area contributed by atoms with Gasteiger partial charge in [-0.25, -0.2) is 4.98 Å². The van der Waals surface area contributed by atoms with Gasteiger partial charge in [-0.3, -0.25) is 0 Å². The Balaban J connectivity index is 0.917. The van der Waals surface area contributed by atoms with Gasteiger partial charge in [-0.2, -0.15) is 0 Å². The van der Waals surface area contributed by atoms with E-state index in [1.807, 2.05) is 18.3 Å². The van der Waals surface area contributed by atoms with E-state index < -0.39 is 11.6 Å². The normalized spacial score (nSPS) is 13.3. The highest BCUT2D eigenvalue weighted by atomic mass is 15.2. The molecule has 4 heteroatoms. The third kappa shape index (κ3) is 6.30. The number of hydrogen-bond donors (Lipinski definition) is 2. The summed E-state index contributed by atoms with van der Waals surface area (Å²) in [5, 5.41) is 3.60. The van der Waals surface area contributed by atoms with Crippen LogP contribution < -0.4 is 16.0 Å². The molecule has 1 spiro atoms. The Morgan fingerprint density at radius 2 is 0.877 bits per heavy atom. The molecule has 2 aliphatic rings.